The van der Waals surface area contributed by atoms with E-state index in [1.807, 2.05) is 20.8 Å². The molecule has 1 fully saturated rings. The lowest BCUT2D eigenvalue weighted by Crippen LogP contribution is -2.33. The standard InChI is InChI=1S/C11H21NO/c1-11(2,3)10(13)7-9-5-4-6-12-8-9/h9,12H,4-8H2,1-3H3. The molecule has 1 aliphatic heterocycles. The van der Waals surface area contributed by atoms with E-state index in [1.54, 1.807) is 0 Å². The molecule has 0 aromatic heterocycles. The second kappa shape index (κ2) is 4.23. The molecule has 76 valence electrons. The highest BCUT2D eigenvalue weighted by atomic mass is 16.1. The predicted octanol–water partition coefficient (Wildman–Crippen LogP) is 1.99. The van der Waals surface area contributed by atoms with Crippen LogP contribution in [-0.2, 0) is 4.79 Å². The van der Waals surface area contributed by atoms with Gasteiger partial charge in [-0.3, -0.25) is 4.79 Å². The van der Waals surface area contributed by atoms with Gasteiger partial charge in [0.05, 0.1) is 0 Å². The highest BCUT2D eigenvalue weighted by molar-refractivity contribution is 5.83. The molecular weight excluding hydrogens is 162 g/mol. The first-order chi connectivity index (χ1) is 6.00. The molecule has 1 aliphatic rings. The van der Waals surface area contributed by atoms with Crippen molar-refractivity contribution in [1.82, 2.24) is 5.32 Å². The third-order valence-electron chi connectivity index (χ3n) is 2.71. The number of hydrogen-bond acceptors (Lipinski definition) is 2. The first kappa shape index (κ1) is 10.7. The number of hydrogen-bond donors (Lipinski definition) is 1. The highest BCUT2D eigenvalue weighted by Gasteiger charge is 2.25. The van der Waals surface area contributed by atoms with Crippen molar-refractivity contribution in [3.8, 4) is 0 Å². The van der Waals surface area contributed by atoms with Crippen molar-refractivity contribution in [3.63, 3.8) is 0 Å². The van der Waals surface area contributed by atoms with Crippen LogP contribution in [-0.4, -0.2) is 18.9 Å². The molecule has 1 N–H and O–H groups in total. The summed E-state index contributed by atoms with van der Waals surface area (Å²) in [7, 11) is 0. The molecule has 0 aliphatic carbocycles. The molecule has 1 saturated heterocycles. The zero-order valence-corrected chi connectivity index (χ0v) is 9.02. The van der Waals surface area contributed by atoms with Crippen molar-refractivity contribution < 1.29 is 4.79 Å². The van der Waals surface area contributed by atoms with Crippen LogP contribution in [0.5, 0.6) is 0 Å². The van der Waals surface area contributed by atoms with Crippen LogP contribution in [0.2, 0.25) is 0 Å². The normalized spacial score (nSPS) is 24.4. The number of carbonyl (C=O) groups excluding carboxylic acids is 1. The van der Waals surface area contributed by atoms with E-state index in [0.717, 1.165) is 19.5 Å². The minimum Gasteiger partial charge on any atom is -0.316 e. The fourth-order valence-corrected chi connectivity index (χ4v) is 1.67. The van der Waals surface area contributed by atoms with Gasteiger partial charge in [-0.1, -0.05) is 20.8 Å². The topological polar surface area (TPSA) is 29.1 Å². The second-order valence-corrected chi connectivity index (χ2v) is 5.09. The third-order valence-corrected chi connectivity index (χ3v) is 2.71. The van der Waals surface area contributed by atoms with Crippen molar-refractivity contribution in [1.29, 1.82) is 0 Å². The average Bonchev–Trinajstić information content (AvgIpc) is 2.04. The minimum atomic E-state index is -0.155. The minimum absolute atomic E-state index is 0.155. The Balaban J connectivity index is 2.35. The largest absolute Gasteiger partial charge is 0.316 e. The number of nitrogens with one attached hydrogen (secondary N) is 1. The van der Waals surface area contributed by atoms with E-state index in [-0.39, 0.29) is 5.41 Å². The number of Topliss-reactive ketones (excluding diaryl/α,β-unsaturated/α-hetero) is 1. The molecule has 1 atom stereocenters. The Morgan fingerprint density at radius 2 is 2.15 bits per heavy atom. The van der Waals surface area contributed by atoms with Crippen molar-refractivity contribution in [2.45, 2.75) is 40.0 Å². The predicted molar refractivity (Wildman–Crippen MR) is 54.7 cm³/mol. The van der Waals surface area contributed by atoms with Crippen molar-refractivity contribution in [2.75, 3.05) is 13.1 Å². The van der Waals surface area contributed by atoms with Crippen LogP contribution in [0.25, 0.3) is 0 Å². The summed E-state index contributed by atoms with van der Waals surface area (Å²) in [5, 5.41) is 3.34. The SMILES string of the molecule is CC(C)(C)C(=O)CC1CCCNC1. The first-order valence-corrected chi connectivity index (χ1v) is 5.24. The van der Waals surface area contributed by atoms with Gasteiger partial charge in [-0.25, -0.2) is 0 Å². The summed E-state index contributed by atoms with van der Waals surface area (Å²) >= 11 is 0. The monoisotopic (exact) mass is 183 g/mol. The van der Waals surface area contributed by atoms with Gasteiger partial charge in [-0.15, -0.1) is 0 Å². The zero-order valence-electron chi connectivity index (χ0n) is 9.02. The second-order valence-electron chi connectivity index (χ2n) is 5.09. The molecule has 2 heteroatoms. The first-order valence-electron chi connectivity index (χ1n) is 5.24. The van der Waals surface area contributed by atoms with Crippen molar-refractivity contribution >= 4 is 5.78 Å². The maximum atomic E-state index is 11.7. The van der Waals surface area contributed by atoms with E-state index in [0.29, 0.717) is 11.7 Å². The van der Waals surface area contributed by atoms with Crippen molar-refractivity contribution in [3.05, 3.63) is 0 Å². The van der Waals surface area contributed by atoms with E-state index >= 15 is 0 Å². The van der Waals surface area contributed by atoms with E-state index in [1.165, 1.54) is 12.8 Å². The van der Waals surface area contributed by atoms with E-state index < -0.39 is 0 Å². The summed E-state index contributed by atoms with van der Waals surface area (Å²) in [6.45, 7) is 8.17. The van der Waals surface area contributed by atoms with Crippen LogP contribution in [0, 0.1) is 11.3 Å². The number of piperidine rings is 1. The number of rotatable bonds is 2. The summed E-state index contributed by atoms with van der Waals surface area (Å²) in [4.78, 5) is 11.7. The van der Waals surface area contributed by atoms with Gasteiger partial charge in [-0.05, 0) is 31.8 Å². The molecule has 13 heavy (non-hydrogen) atoms. The zero-order chi connectivity index (χ0) is 9.90. The van der Waals surface area contributed by atoms with Gasteiger partial charge < -0.3 is 5.32 Å². The van der Waals surface area contributed by atoms with E-state index in [4.69, 9.17) is 0 Å². The Morgan fingerprint density at radius 1 is 1.46 bits per heavy atom. The lowest BCUT2D eigenvalue weighted by atomic mass is 9.83. The van der Waals surface area contributed by atoms with Crippen LogP contribution in [0.3, 0.4) is 0 Å². The lowest BCUT2D eigenvalue weighted by Gasteiger charge is -2.25. The van der Waals surface area contributed by atoms with E-state index in [9.17, 15) is 4.79 Å². The summed E-state index contributed by atoms with van der Waals surface area (Å²) < 4.78 is 0. The molecule has 0 radical (unpaired) electrons. The van der Waals surface area contributed by atoms with Gasteiger partial charge in [-0.2, -0.15) is 0 Å². The molecule has 0 spiro atoms. The Bertz CT molecular complexity index is 175. The molecule has 1 heterocycles. The van der Waals surface area contributed by atoms with E-state index in [2.05, 4.69) is 5.32 Å². The van der Waals surface area contributed by atoms with Gasteiger partial charge in [0.15, 0.2) is 0 Å². The number of ketones is 1. The Hall–Kier alpha value is -0.370. The summed E-state index contributed by atoms with van der Waals surface area (Å²) in [6.07, 6.45) is 3.20. The summed E-state index contributed by atoms with van der Waals surface area (Å²) in [5.74, 6) is 0.988. The van der Waals surface area contributed by atoms with Crippen LogP contribution in [0.15, 0.2) is 0 Å². The highest BCUT2D eigenvalue weighted by Crippen LogP contribution is 2.22. The van der Waals surface area contributed by atoms with Gasteiger partial charge in [0, 0.05) is 11.8 Å². The summed E-state index contributed by atoms with van der Waals surface area (Å²) in [5.41, 5.74) is -0.155. The van der Waals surface area contributed by atoms with Gasteiger partial charge in [0.2, 0.25) is 0 Å². The van der Waals surface area contributed by atoms with Gasteiger partial charge in [0.25, 0.3) is 0 Å². The van der Waals surface area contributed by atoms with Crippen LogP contribution in [0.4, 0.5) is 0 Å². The molecule has 0 aromatic carbocycles. The average molecular weight is 183 g/mol. The van der Waals surface area contributed by atoms with Crippen LogP contribution >= 0.6 is 0 Å². The molecule has 2 nitrogen and oxygen atoms in total. The lowest BCUT2D eigenvalue weighted by molar-refractivity contribution is -0.127. The molecule has 0 saturated carbocycles. The van der Waals surface area contributed by atoms with Gasteiger partial charge >= 0.3 is 0 Å². The Kier molecular flexibility index (Phi) is 3.48. The molecular formula is C11H21NO. The summed E-state index contributed by atoms with van der Waals surface area (Å²) in [6, 6.07) is 0. The number of carbonyl (C=O) groups is 1. The maximum absolute atomic E-state index is 11.7. The quantitative estimate of drug-likeness (QED) is 0.709. The van der Waals surface area contributed by atoms with Gasteiger partial charge in [0.1, 0.15) is 5.78 Å². The van der Waals surface area contributed by atoms with Crippen LogP contribution in [0.1, 0.15) is 40.0 Å². The molecule has 0 amide bonds. The maximum Gasteiger partial charge on any atom is 0.138 e. The fourth-order valence-electron chi connectivity index (χ4n) is 1.67. The molecule has 1 unspecified atom stereocenters. The fraction of sp³-hybridized carbons (Fsp3) is 0.909. The van der Waals surface area contributed by atoms with Crippen LogP contribution < -0.4 is 5.32 Å². The smallest absolute Gasteiger partial charge is 0.138 e. The molecule has 1 rings (SSSR count). The Labute approximate surface area is 81.1 Å². The van der Waals surface area contributed by atoms with Crippen molar-refractivity contribution in [2.24, 2.45) is 11.3 Å². The molecule has 0 bridgehead atoms. The third kappa shape index (κ3) is 3.47. The molecule has 0 aromatic rings. The Morgan fingerprint density at radius 3 is 2.62 bits per heavy atom.